The largest absolute Gasteiger partial charge is 0.545 e. The second-order valence-electron chi connectivity index (χ2n) is 18.8. The van der Waals surface area contributed by atoms with E-state index in [0.717, 1.165) is 36.3 Å². The molecule has 4 atom stereocenters. The maximum absolute atomic E-state index is 14.0. The minimum atomic E-state index is -1.67. The van der Waals surface area contributed by atoms with E-state index in [1.165, 1.54) is 4.90 Å². The van der Waals surface area contributed by atoms with E-state index in [1.54, 1.807) is 62.6 Å². The van der Waals surface area contributed by atoms with Crippen molar-refractivity contribution in [3.8, 4) is 0 Å². The second kappa shape index (κ2) is 40.1. The molecule has 0 bridgehead atoms. The van der Waals surface area contributed by atoms with Gasteiger partial charge in [-0.1, -0.05) is 62.7 Å². The number of carbonyl (C=O) groups excluding carboxylic acids is 9. The average molecular weight is 1200 g/mol. The van der Waals surface area contributed by atoms with Crippen LogP contribution in [-0.2, 0) is 87.6 Å². The molecule has 5 rings (SSSR count). The summed E-state index contributed by atoms with van der Waals surface area (Å²) < 4.78 is 0. The van der Waals surface area contributed by atoms with Gasteiger partial charge in [-0.25, -0.2) is 9.59 Å². The molecule has 1 fully saturated rings. The number of pyridine rings is 2. The minimum Gasteiger partial charge on any atom is -0.545 e. The molecule has 1 saturated heterocycles. The number of carboxylic acids is 2. The number of carboxylic acid groups (broad SMARTS) is 2. The molecule has 0 saturated carbocycles. The molecule has 0 unspecified atom stereocenters. The van der Waals surface area contributed by atoms with Crippen LogP contribution in [0.5, 0.6) is 0 Å². The van der Waals surface area contributed by atoms with E-state index in [0.29, 0.717) is 68.7 Å². The number of hydrogen-bond acceptors (Lipinski definition) is 14. The van der Waals surface area contributed by atoms with Gasteiger partial charge in [0.25, 0.3) is 0 Å². The van der Waals surface area contributed by atoms with Crippen LogP contribution in [0.1, 0.15) is 101 Å². The summed E-state index contributed by atoms with van der Waals surface area (Å²) in [5.74, 6) is -6.27. The Balaban J connectivity index is 0.00000453. The minimum absolute atomic E-state index is 0. The van der Waals surface area contributed by atoms with E-state index in [1.807, 2.05) is 55.5 Å². The van der Waals surface area contributed by atoms with E-state index in [-0.39, 0.29) is 51.8 Å². The summed E-state index contributed by atoms with van der Waals surface area (Å²) in [7, 11) is 0. The van der Waals surface area contributed by atoms with Crippen LogP contribution < -0.4 is 31.9 Å². The Morgan fingerprint density at radius 3 is 1.86 bits per heavy atom. The first-order chi connectivity index (χ1) is 38.6. The number of para-hydroxylation sites is 1. The molecular formula is C57H73N10O13Tc-3. The normalized spacial score (nSPS) is 13.2. The van der Waals surface area contributed by atoms with Crippen LogP contribution in [-0.4, -0.2) is 142 Å². The molecule has 1 radical (unpaired) electrons. The molecular weight excluding hydrogens is 1130 g/mol. The number of aromatic nitrogens is 2. The molecule has 439 valence electrons. The molecule has 81 heavy (non-hydrogen) atoms. The zero-order chi connectivity index (χ0) is 59.4. The van der Waals surface area contributed by atoms with Gasteiger partial charge in [-0.2, -0.15) is 0 Å². The Morgan fingerprint density at radius 1 is 0.691 bits per heavy atom. The van der Waals surface area contributed by atoms with Crippen molar-refractivity contribution in [2.75, 3.05) is 30.3 Å². The van der Waals surface area contributed by atoms with Crippen LogP contribution in [0.4, 0.5) is 16.2 Å². The van der Waals surface area contributed by atoms with Crippen LogP contribution in [0, 0.1) is 12.8 Å². The molecule has 4 aromatic rings. The molecule has 8 N–H and O–H groups in total. The molecule has 0 spiro atoms. The molecule has 23 nitrogen and oxygen atoms in total. The van der Waals surface area contributed by atoms with Crippen molar-refractivity contribution in [3.05, 3.63) is 120 Å². The summed E-state index contributed by atoms with van der Waals surface area (Å²) in [4.78, 5) is 140. The molecule has 3 heterocycles. The fourth-order valence-corrected chi connectivity index (χ4v) is 8.54. The quantitative estimate of drug-likeness (QED) is 0.0213. The zero-order valence-electron chi connectivity index (χ0n) is 45.7. The van der Waals surface area contributed by atoms with Crippen LogP contribution in [0.2, 0.25) is 0 Å². The summed E-state index contributed by atoms with van der Waals surface area (Å²) in [6.07, 6.45) is 6.75. The summed E-state index contributed by atoms with van der Waals surface area (Å²) >= 11 is 0. The summed E-state index contributed by atoms with van der Waals surface area (Å²) in [5, 5.41) is 35.7. The van der Waals surface area contributed by atoms with Crippen molar-refractivity contribution in [2.45, 2.75) is 129 Å². The van der Waals surface area contributed by atoms with Gasteiger partial charge in [-0.3, -0.25) is 64.0 Å². The third-order valence-electron chi connectivity index (χ3n) is 12.5. The maximum atomic E-state index is 14.0. The standard InChI is InChI=1S/C54H70N10O10.3CHO.Tc/c1-36(2)49(52(71)64-31-15-21-45(64)53(72)73)62-51(70)44(33-48(67)68)60-50(69)43(59-47(66)32-38-23-25-39(26-24-38)58-54(74)61-42-19-7-6-16-37(42)3)20-10-13-29-57-46(65)22-5-4-14-30-63(34-40-17-8-11-27-55-40)35-41-18-9-12-28-56-41;3*1-2;/h6-9,11-12,16-19,23-28,36,43-45,49H,4-5,10,13-15,20-22,29-35H2,1-3H3,(H,57,65)(H,59,66)(H,60,69)(H,62,70)(H,67,68)(H,72,73)(H2,58,61,74);3*1H;/q;3*-1;/t43-,44-,45-,49-;;;;/m0..../s1. The van der Waals surface area contributed by atoms with Crippen molar-refractivity contribution in [1.82, 2.24) is 41.0 Å². The van der Waals surface area contributed by atoms with E-state index in [9.17, 15) is 48.6 Å². The Morgan fingerprint density at radius 2 is 1.30 bits per heavy atom. The van der Waals surface area contributed by atoms with Gasteiger partial charge in [0.05, 0.1) is 24.2 Å². The molecule has 1 aliphatic heterocycles. The number of likely N-dealkylation sites (tertiary alicyclic amines) is 1. The van der Waals surface area contributed by atoms with Gasteiger partial charge >= 0.3 is 18.0 Å². The second-order valence-corrected chi connectivity index (χ2v) is 18.8. The number of anilines is 2. The fourth-order valence-electron chi connectivity index (χ4n) is 8.54. The van der Waals surface area contributed by atoms with Gasteiger partial charge in [-0.15, -0.1) is 0 Å². The van der Waals surface area contributed by atoms with Crippen LogP contribution >= 0.6 is 0 Å². The van der Waals surface area contributed by atoms with Gasteiger partial charge in [-0.05, 0) is 118 Å². The van der Waals surface area contributed by atoms with Gasteiger partial charge < -0.3 is 61.4 Å². The van der Waals surface area contributed by atoms with Crippen molar-refractivity contribution in [3.63, 3.8) is 0 Å². The number of hydrogen-bond donors (Lipinski definition) is 8. The number of nitrogens with one attached hydrogen (secondary N) is 6. The van der Waals surface area contributed by atoms with E-state index in [2.05, 4.69) is 67.1 Å². The number of benzene rings is 2. The Hall–Kier alpha value is -8.08. The molecule has 0 aliphatic carbocycles. The van der Waals surface area contributed by atoms with Gasteiger partial charge in [0.15, 0.2) is 0 Å². The van der Waals surface area contributed by atoms with Crippen LogP contribution in [0.25, 0.3) is 0 Å². The predicted molar refractivity (Wildman–Crippen MR) is 297 cm³/mol. The number of aryl methyl sites for hydroxylation is 1. The number of rotatable bonds is 29. The Labute approximate surface area is 485 Å². The van der Waals surface area contributed by atoms with Gasteiger partial charge in [0.2, 0.25) is 29.5 Å². The van der Waals surface area contributed by atoms with Crippen molar-refractivity contribution in [2.24, 2.45) is 5.92 Å². The van der Waals surface area contributed by atoms with E-state index < -0.39 is 78.1 Å². The topological polar surface area (TPSA) is 333 Å². The number of nitrogens with zero attached hydrogens (tertiary/aromatic N) is 4. The fraction of sp³-hybridized carbons (Fsp3) is 0.421. The van der Waals surface area contributed by atoms with Gasteiger partial charge in [0, 0.05) is 76.5 Å². The molecule has 2 aromatic carbocycles. The first-order valence-corrected chi connectivity index (χ1v) is 25.9. The van der Waals surface area contributed by atoms with E-state index in [4.69, 9.17) is 14.4 Å². The maximum Gasteiger partial charge on any atom is 0.326 e. The SMILES string of the molecule is Cc1ccccc1NC(=O)Nc1ccc(CC(=O)N[C@@H](CCCCNC(=O)CCCCCN(Cc2ccccn2)Cc2ccccn2)C(=O)N[C@@H](CC(=O)O)C(=O)N[C@H](C(=O)N2CCC[C@H]2C(=O)O)C(C)C)cc1.[CH-]=O.[CH-]=O.[CH-]=O.[Tc]. The Bertz CT molecular complexity index is 2520. The number of unbranched alkanes of at least 4 members (excludes halogenated alkanes) is 3. The third kappa shape index (κ3) is 26.6. The van der Waals surface area contributed by atoms with Crippen molar-refractivity contribution >= 4 is 79.2 Å². The number of carbonyl (C=O) groups is 8. The van der Waals surface area contributed by atoms with Crippen molar-refractivity contribution < 1.29 is 83.1 Å². The zero-order valence-corrected chi connectivity index (χ0v) is 47.6. The van der Waals surface area contributed by atoms with Crippen LogP contribution in [0.15, 0.2) is 97.3 Å². The molecule has 1 aliphatic rings. The van der Waals surface area contributed by atoms with Gasteiger partial charge in [0.1, 0.15) is 24.2 Å². The number of amides is 7. The van der Waals surface area contributed by atoms with Crippen LogP contribution in [0.3, 0.4) is 0 Å². The number of urea groups is 1. The van der Waals surface area contributed by atoms with Crippen molar-refractivity contribution in [1.29, 1.82) is 0 Å². The predicted octanol–water partition coefficient (Wildman–Crippen LogP) is 4.36. The molecule has 7 amide bonds. The smallest absolute Gasteiger partial charge is 0.326 e. The Kier molecular flexibility index (Phi) is 35.2. The van der Waals surface area contributed by atoms with E-state index >= 15 is 0 Å². The monoisotopic (exact) mass is 1200 g/mol. The average Bonchev–Trinajstić information content (AvgIpc) is 3.96. The first kappa shape index (κ1) is 70.9. The summed E-state index contributed by atoms with van der Waals surface area (Å²) in [5.41, 5.74) is 4.47. The number of aliphatic carboxylic acids is 2. The first-order valence-electron chi connectivity index (χ1n) is 25.9. The summed E-state index contributed by atoms with van der Waals surface area (Å²) in [6, 6.07) is 19.9. The third-order valence-corrected chi connectivity index (χ3v) is 12.5. The molecule has 24 heteroatoms. The summed E-state index contributed by atoms with van der Waals surface area (Å²) in [6.45, 7) is 17.5. The molecule has 2 aromatic heterocycles.